The van der Waals surface area contributed by atoms with Gasteiger partial charge in [0.2, 0.25) is 10.9 Å². The first-order chi connectivity index (χ1) is 24.6. The van der Waals surface area contributed by atoms with E-state index in [1.54, 1.807) is 20.8 Å². The number of alkyl halides is 2. The molecule has 0 amide bonds. The average Bonchev–Trinajstić information content (AvgIpc) is 3.99. The van der Waals surface area contributed by atoms with Gasteiger partial charge in [-0.05, 0) is 93.7 Å². The van der Waals surface area contributed by atoms with Crippen molar-refractivity contribution in [1.82, 2.24) is 9.29 Å². The van der Waals surface area contributed by atoms with E-state index in [1.807, 2.05) is 0 Å². The highest BCUT2D eigenvalue weighted by atomic mass is 35.5. The Morgan fingerprint density at radius 1 is 0.923 bits per heavy atom. The van der Waals surface area contributed by atoms with Crippen molar-refractivity contribution in [2.75, 3.05) is 19.8 Å². The molecule has 0 spiro atoms. The molecule has 2 aromatic carbocycles. The van der Waals surface area contributed by atoms with Crippen molar-refractivity contribution >= 4 is 46.0 Å². The van der Waals surface area contributed by atoms with E-state index < -0.39 is 47.7 Å². The highest BCUT2D eigenvalue weighted by Gasteiger charge is 2.28. The third-order valence-corrected chi connectivity index (χ3v) is 9.50. The number of carbonyl (C=O) groups excluding carboxylic acids is 2. The molecule has 0 bridgehead atoms. The molecule has 0 radical (unpaired) electrons. The number of rotatable bonds is 18. The van der Waals surface area contributed by atoms with Crippen LogP contribution in [0, 0.1) is 11.8 Å². The van der Waals surface area contributed by atoms with Crippen LogP contribution in [0.4, 0.5) is 8.78 Å². The first kappa shape index (κ1) is 39.5. The second-order valence-electron chi connectivity index (χ2n) is 13.7. The Bertz CT molecular complexity index is 1800. The summed E-state index contributed by atoms with van der Waals surface area (Å²) in [5.41, 5.74) is 0.517. The van der Waals surface area contributed by atoms with E-state index in [2.05, 4.69) is 4.98 Å². The summed E-state index contributed by atoms with van der Waals surface area (Å²) in [5, 5.41) is 0.452. The maximum absolute atomic E-state index is 13.9. The molecule has 0 saturated heterocycles. The van der Waals surface area contributed by atoms with Gasteiger partial charge in [0.1, 0.15) is 24.0 Å². The van der Waals surface area contributed by atoms with Gasteiger partial charge in [-0.25, -0.2) is 13.2 Å². The smallest absolute Gasteiger partial charge is 0.387 e. The van der Waals surface area contributed by atoms with Gasteiger partial charge in [-0.15, -0.1) is 0 Å². The van der Waals surface area contributed by atoms with Crippen LogP contribution in [0.3, 0.4) is 0 Å². The SMILES string of the molecule is CC(C)(C)OC(=O)CN(Cc1ccc(C(=O)OC(Cc2c(Cl)cncc2Cl)c2ccc(OC(F)F)c(OCC3CC3)c2)cc1OCC1CC1)[SH](=O)=O. The summed E-state index contributed by atoms with van der Waals surface area (Å²) in [6, 6.07) is 8.74. The molecule has 1 heterocycles. The number of hydrogen-bond acceptors (Lipinski definition) is 10. The highest BCUT2D eigenvalue weighted by molar-refractivity contribution is 7.69. The minimum Gasteiger partial charge on any atom is -0.493 e. The Kier molecular flexibility index (Phi) is 13.2. The lowest BCUT2D eigenvalue weighted by atomic mass is 10.0. The van der Waals surface area contributed by atoms with Crippen molar-refractivity contribution in [2.45, 2.75) is 77.7 Å². The van der Waals surface area contributed by atoms with Crippen molar-refractivity contribution in [3.05, 3.63) is 81.1 Å². The van der Waals surface area contributed by atoms with Crippen molar-refractivity contribution in [2.24, 2.45) is 11.8 Å². The van der Waals surface area contributed by atoms with E-state index >= 15 is 0 Å². The summed E-state index contributed by atoms with van der Waals surface area (Å²) in [4.78, 5) is 30.3. The number of nitrogens with zero attached hydrogens (tertiary/aromatic N) is 2. The van der Waals surface area contributed by atoms with Crippen LogP contribution in [0.1, 0.15) is 79.6 Å². The summed E-state index contributed by atoms with van der Waals surface area (Å²) in [5.74, 6) is -0.725. The number of thiol groups is 1. The van der Waals surface area contributed by atoms with E-state index in [1.165, 1.54) is 48.8 Å². The first-order valence-electron chi connectivity index (χ1n) is 16.7. The fourth-order valence-corrected chi connectivity index (χ4v) is 6.11. The number of carbonyl (C=O) groups is 2. The lowest BCUT2D eigenvalue weighted by Crippen LogP contribution is -2.34. The molecule has 0 aliphatic heterocycles. The molecule has 5 rings (SSSR count). The Morgan fingerprint density at radius 2 is 1.56 bits per heavy atom. The molecule has 3 aromatic rings. The zero-order chi connectivity index (χ0) is 37.6. The van der Waals surface area contributed by atoms with Gasteiger partial charge < -0.3 is 23.7 Å². The standard InChI is InChI=1S/C36H40Cl2F2N2O9S/c1-36(2,3)51-33(43)18-42(52(45)46)17-25-9-8-24(13-30(25)47-19-21-4-5-21)34(44)49-31(14-26-27(37)15-41-16-28(26)38)23-10-11-29(50-35(39)40)32(12-23)48-20-22-6-7-22/h8-13,15-16,21-22,31,35,52H,4-7,14,17-20H2,1-3H3. The fraction of sp³-hybridized carbons (Fsp3) is 0.472. The topological polar surface area (TPSA) is 131 Å². The molecule has 2 saturated carbocycles. The van der Waals surface area contributed by atoms with Gasteiger partial charge in [0, 0.05) is 30.9 Å². The van der Waals surface area contributed by atoms with Gasteiger partial charge in [-0.2, -0.15) is 13.1 Å². The second-order valence-corrected chi connectivity index (χ2v) is 15.6. The zero-order valence-electron chi connectivity index (χ0n) is 28.8. The van der Waals surface area contributed by atoms with E-state index in [4.69, 9.17) is 46.9 Å². The number of esters is 2. The molecule has 1 unspecified atom stereocenters. The van der Waals surface area contributed by atoms with Gasteiger partial charge in [-0.1, -0.05) is 35.3 Å². The summed E-state index contributed by atoms with van der Waals surface area (Å²) in [7, 11) is -3.19. The van der Waals surface area contributed by atoms with Gasteiger partial charge in [0.05, 0.1) is 28.8 Å². The zero-order valence-corrected chi connectivity index (χ0v) is 31.2. The maximum Gasteiger partial charge on any atom is 0.387 e. The van der Waals surface area contributed by atoms with Crippen molar-refractivity contribution < 1.29 is 50.5 Å². The average molecular weight is 786 g/mol. The van der Waals surface area contributed by atoms with Gasteiger partial charge in [0.25, 0.3) is 0 Å². The third kappa shape index (κ3) is 11.9. The number of aromatic nitrogens is 1. The number of benzene rings is 2. The maximum atomic E-state index is 13.9. The number of halogens is 4. The lowest BCUT2D eigenvalue weighted by Gasteiger charge is -2.23. The predicted molar refractivity (Wildman–Crippen MR) is 189 cm³/mol. The summed E-state index contributed by atoms with van der Waals surface area (Å²) < 4.78 is 79.7. The molecule has 282 valence electrons. The van der Waals surface area contributed by atoms with Crippen molar-refractivity contribution in [1.29, 1.82) is 0 Å². The number of hydrogen-bond donors (Lipinski definition) is 1. The molecular weight excluding hydrogens is 745 g/mol. The Hall–Kier alpha value is -3.72. The molecule has 2 fully saturated rings. The molecule has 52 heavy (non-hydrogen) atoms. The molecular formula is C36H40Cl2F2N2O9S. The number of pyridine rings is 1. The normalized spacial score (nSPS) is 15.1. The van der Waals surface area contributed by atoms with Crippen LogP contribution in [0.5, 0.6) is 17.2 Å². The highest BCUT2D eigenvalue weighted by Crippen LogP contribution is 2.38. The Morgan fingerprint density at radius 3 is 2.13 bits per heavy atom. The monoisotopic (exact) mass is 784 g/mol. The summed E-state index contributed by atoms with van der Waals surface area (Å²) in [6.07, 6.45) is 5.62. The summed E-state index contributed by atoms with van der Waals surface area (Å²) in [6.45, 7) is 1.87. The minimum absolute atomic E-state index is 0.0116. The van der Waals surface area contributed by atoms with E-state index in [9.17, 15) is 26.8 Å². The molecule has 1 aromatic heterocycles. The third-order valence-electron chi connectivity index (χ3n) is 8.11. The first-order valence-corrected chi connectivity index (χ1v) is 18.6. The fourth-order valence-electron chi connectivity index (χ4n) is 5.10. The molecule has 16 heteroatoms. The van der Waals surface area contributed by atoms with Crippen LogP contribution in [0.2, 0.25) is 10.0 Å². The Labute approximate surface area is 312 Å². The van der Waals surface area contributed by atoms with Crippen LogP contribution in [-0.4, -0.2) is 61.6 Å². The molecule has 2 aliphatic carbocycles. The van der Waals surface area contributed by atoms with Gasteiger partial charge >= 0.3 is 18.6 Å². The van der Waals surface area contributed by atoms with E-state index in [0.29, 0.717) is 41.7 Å². The van der Waals surface area contributed by atoms with Crippen LogP contribution >= 0.6 is 23.2 Å². The second kappa shape index (κ2) is 17.4. The summed E-state index contributed by atoms with van der Waals surface area (Å²) >= 11 is 12.9. The number of ether oxygens (including phenoxy) is 5. The Balaban J connectivity index is 1.44. The van der Waals surface area contributed by atoms with Crippen LogP contribution in [-0.2, 0) is 38.1 Å². The predicted octanol–water partition coefficient (Wildman–Crippen LogP) is 7.38. The van der Waals surface area contributed by atoms with Crippen LogP contribution < -0.4 is 14.2 Å². The molecule has 11 nitrogen and oxygen atoms in total. The lowest BCUT2D eigenvalue weighted by molar-refractivity contribution is -0.155. The van der Waals surface area contributed by atoms with Crippen molar-refractivity contribution in [3.63, 3.8) is 0 Å². The van der Waals surface area contributed by atoms with E-state index in [0.717, 1.165) is 30.0 Å². The van der Waals surface area contributed by atoms with Crippen molar-refractivity contribution in [3.8, 4) is 17.2 Å². The minimum atomic E-state index is -3.19. The van der Waals surface area contributed by atoms with Crippen LogP contribution in [0.15, 0.2) is 48.8 Å². The molecule has 1 atom stereocenters. The van der Waals surface area contributed by atoms with Crippen LogP contribution in [0.25, 0.3) is 0 Å². The van der Waals surface area contributed by atoms with Gasteiger partial charge in [0.15, 0.2) is 11.5 Å². The largest absolute Gasteiger partial charge is 0.493 e. The molecule has 2 aliphatic rings. The van der Waals surface area contributed by atoms with Gasteiger partial charge in [-0.3, -0.25) is 9.78 Å². The molecule has 0 N–H and O–H groups in total. The quantitative estimate of drug-likeness (QED) is 0.103. The van der Waals surface area contributed by atoms with E-state index in [-0.39, 0.29) is 45.8 Å².